The minimum absolute atomic E-state index is 0.390. The van der Waals surface area contributed by atoms with Crippen LogP contribution in [0.3, 0.4) is 0 Å². The number of hydrogen-bond donors (Lipinski definition) is 1. The van der Waals surface area contributed by atoms with Gasteiger partial charge in [-0.05, 0) is 31.9 Å². The Bertz CT molecular complexity index is 393. The van der Waals surface area contributed by atoms with Gasteiger partial charge in [-0.25, -0.2) is 4.98 Å². The number of anilines is 1. The first-order chi connectivity index (χ1) is 7.81. The summed E-state index contributed by atoms with van der Waals surface area (Å²) in [5.74, 6) is 0.777. The van der Waals surface area contributed by atoms with Crippen LogP contribution in [0.5, 0.6) is 0 Å². The van der Waals surface area contributed by atoms with E-state index in [4.69, 9.17) is 10.00 Å². The molecule has 0 unspecified atom stereocenters. The summed E-state index contributed by atoms with van der Waals surface area (Å²) < 4.78 is 5.48. The zero-order valence-electron chi connectivity index (χ0n) is 9.31. The number of aromatic nitrogens is 1. The summed E-state index contributed by atoms with van der Waals surface area (Å²) in [6, 6.07) is 6.00. The monoisotopic (exact) mass is 217 g/mol. The lowest BCUT2D eigenvalue weighted by atomic mass is 9.89. The van der Waals surface area contributed by atoms with Crippen molar-refractivity contribution >= 4 is 5.82 Å². The van der Waals surface area contributed by atoms with E-state index in [2.05, 4.69) is 16.4 Å². The lowest BCUT2D eigenvalue weighted by Gasteiger charge is -2.35. The third-order valence-corrected chi connectivity index (χ3v) is 2.74. The molecule has 4 nitrogen and oxygen atoms in total. The number of pyridine rings is 1. The summed E-state index contributed by atoms with van der Waals surface area (Å²) >= 11 is 0. The third kappa shape index (κ3) is 2.50. The predicted octanol–water partition coefficient (Wildman–Crippen LogP) is 1.93. The van der Waals surface area contributed by atoms with Gasteiger partial charge in [0.1, 0.15) is 5.82 Å². The van der Waals surface area contributed by atoms with E-state index in [0.717, 1.165) is 25.3 Å². The van der Waals surface area contributed by atoms with Crippen LogP contribution in [-0.2, 0) is 4.74 Å². The van der Waals surface area contributed by atoms with Crippen molar-refractivity contribution in [2.24, 2.45) is 0 Å². The van der Waals surface area contributed by atoms with Crippen molar-refractivity contribution in [3.8, 4) is 6.07 Å². The second kappa shape index (κ2) is 4.95. The van der Waals surface area contributed by atoms with Crippen LogP contribution in [-0.4, -0.2) is 23.7 Å². The summed E-state index contributed by atoms with van der Waals surface area (Å²) in [5, 5.41) is 12.1. The molecule has 0 amide bonds. The van der Waals surface area contributed by atoms with Gasteiger partial charge in [-0.3, -0.25) is 0 Å². The Hall–Kier alpha value is -1.60. The molecule has 84 valence electrons. The first-order valence-corrected chi connectivity index (χ1v) is 5.56. The molecule has 0 spiro atoms. The molecule has 0 atom stereocenters. The molecule has 1 aromatic rings. The average Bonchev–Trinajstić information content (AvgIpc) is 2.27. The van der Waals surface area contributed by atoms with E-state index in [1.54, 1.807) is 18.3 Å². The van der Waals surface area contributed by atoms with E-state index >= 15 is 0 Å². The third-order valence-electron chi connectivity index (χ3n) is 2.74. The number of rotatable bonds is 4. The van der Waals surface area contributed by atoms with E-state index in [9.17, 15) is 0 Å². The van der Waals surface area contributed by atoms with Crippen LogP contribution in [0.2, 0.25) is 0 Å². The number of nitrogens with zero attached hydrogens (tertiary/aromatic N) is 2. The Morgan fingerprint density at radius 1 is 1.62 bits per heavy atom. The SMILES string of the molecule is CCOC1CC(Nc2cc(C#N)ccn2)C1. The Labute approximate surface area is 95.3 Å². The van der Waals surface area contributed by atoms with Gasteiger partial charge >= 0.3 is 0 Å². The van der Waals surface area contributed by atoms with Crippen LogP contribution < -0.4 is 5.32 Å². The molecule has 1 fully saturated rings. The van der Waals surface area contributed by atoms with Gasteiger partial charge in [0.2, 0.25) is 0 Å². The number of hydrogen-bond acceptors (Lipinski definition) is 4. The van der Waals surface area contributed by atoms with Crippen molar-refractivity contribution in [3.05, 3.63) is 23.9 Å². The van der Waals surface area contributed by atoms with Crippen LogP contribution >= 0.6 is 0 Å². The molecule has 1 aliphatic rings. The minimum atomic E-state index is 0.390. The number of ether oxygens (including phenoxy) is 1. The summed E-state index contributed by atoms with van der Waals surface area (Å²) in [7, 11) is 0. The first kappa shape index (κ1) is 10.9. The van der Waals surface area contributed by atoms with Crippen LogP contribution in [0.1, 0.15) is 25.3 Å². The van der Waals surface area contributed by atoms with Crippen molar-refractivity contribution < 1.29 is 4.74 Å². The quantitative estimate of drug-likeness (QED) is 0.837. The lowest BCUT2D eigenvalue weighted by molar-refractivity contribution is 0.00292. The molecule has 1 aromatic heterocycles. The molecule has 1 aliphatic carbocycles. The zero-order chi connectivity index (χ0) is 11.4. The maximum atomic E-state index is 8.75. The highest BCUT2D eigenvalue weighted by Crippen LogP contribution is 2.26. The summed E-state index contributed by atoms with van der Waals surface area (Å²) in [6.45, 7) is 2.79. The molecule has 1 heterocycles. The molecular formula is C12H15N3O. The fourth-order valence-electron chi connectivity index (χ4n) is 1.84. The van der Waals surface area contributed by atoms with Crippen LogP contribution in [0.15, 0.2) is 18.3 Å². The topological polar surface area (TPSA) is 57.9 Å². The standard InChI is InChI=1S/C12H15N3O/c1-2-16-11-6-10(7-11)15-12-5-9(8-13)3-4-14-12/h3-5,10-11H,2,6-7H2,1H3,(H,14,15). The van der Waals surface area contributed by atoms with Gasteiger partial charge in [-0.15, -0.1) is 0 Å². The largest absolute Gasteiger partial charge is 0.378 e. The Morgan fingerprint density at radius 3 is 3.12 bits per heavy atom. The molecule has 0 aromatic carbocycles. The summed E-state index contributed by atoms with van der Waals surface area (Å²) in [6.07, 6.45) is 4.08. The normalized spacial score (nSPS) is 23.2. The van der Waals surface area contributed by atoms with Crippen molar-refractivity contribution in [2.75, 3.05) is 11.9 Å². The van der Waals surface area contributed by atoms with E-state index in [1.807, 2.05) is 6.92 Å². The maximum Gasteiger partial charge on any atom is 0.127 e. The highest BCUT2D eigenvalue weighted by atomic mass is 16.5. The Kier molecular flexibility index (Phi) is 3.37. The molecule has 0 radical (unpaired) electrons. The Balaban J connectivity index is 1.85. The lowest BCUT2D eigenvalue weighted by Crippen LogP contribution is -2.41. The van der Waals surface area contributed by atoms with Crippen molar-refractivity contribution in [2.45, 2.75) is 31.9 Å². The molecule has 1 N–H and O–H groups in total. The second-order valence-corrected chi connectivity index (χ2v) is 3.93. The first-order valence-electron chi connectivity index (χ1n) is 5.56. The van der Waals surface area contributed by atoms with Gasteiger partial charge in [0.05, 0.1) is 17.7 Å². The molecule has 16 heavy (non-hydrogen) atoms. The van der Waals surface area contributed by atoms with Gasteiger partial charge < -0.3 is 10.1 Å². The second-order valence-electron chi connectivity index (χ2n) is 3.93. The van der Waals surface area contributed by atoms with Crippen LogP contribution in [0.25, 0.3) is 0 Å². The van der Waals surface area contributed by atoms with Crippen molar-refractivity contribution in [1.29, 1.82) is 5.26 Å². The molecule has 0 saturated heterocycles. The van der Waals surface area contributed by atoms with Gasteiger partial charge in [-0.1, -0.05) is 0 Å². The number of nitriles is 1. The van der Waals surface area contributed by atoms with Gasteiger partial charge in [0, 0.05) is 18.8 Å². The van der Waals surface area contributed by atoms with Crippen LogP contribution in [0, 0.1) is 11.3 Å². The van der Waals surface area contributed by atoms with E-state index in [0.29, 0.717) is 17.7 Å². The van der Waals surface area contributed by atoms with Gasteiger partial charge in [0.25, 0.3) is 0 Å². The van der Waals surface area contributed by atoms with Crippen molar-refractivity contribution in [3.63, 3.8) is 0 Å². The Morgan fingerprint density at radius 2 is 2.44 bits per heavy atom. The summed E-state index contributed by atoms with van der Waals surface area (Å²) in [5.41, 5.74) is 0.637. The molecule has 4 heteroatoms. The minimum Gasteiger partial charge on any atom is -0.378 e. The fraction of sp³-hybridized carbons (Fsp3) is 0.500. The van der Waals surface area contributed by atoms with Crippen molar-refractivity contribution in [1.82, 2.24) is 4.98 Å². The molecule has 1 saturated carbocycles. The van der Waals surface area contributed by atoms with Gasteiger partial charge in [0.15, 0.2) is 0 Å². The predicted molar refractivity (Wildman–Crippen MR) is 61.0 cm³/mol. The molecule has 0 aliphatic heterocycles. The fourth-order valence-corrected chi connectivity index (χ4v) is 1.84. The number of nitrogens with one attached hydrogen (secondary N) is 1. The van der Waals surface area contributed by atoms with E-state index in [-0.39, 0.29) is 0 Å². The highest BCUT2D eigenvalue weighted by Gasteiger charge is 2.29. The van der Waals surface area contributed by atoms with E-state index in [1.165, 1.54) is 0 Å². The summed E-state index contributed by atoms with van der Waals surface area (Å²) in [4.78, 5) is 4.18. The maximum absolute atomic E-state index is 8.75. The molecular weight excluding hydrogens is 202 g/mol. The van der Waals surface area contributed by atoms with Crippen LogP contribution in [0.4, 0.5) is 5.82 Å². The highest BCUT2D eigenvalue weighted by molar-refractivity contribution is 5.43. The average molecular weight is 217 g/mol. The molecule has 0 bridgehead atoms. The smallest absolute Gasteiger partial charge is 0.127 e. The van der Waals surface area contributed by atoms with E-state index < -0.39 is 0 Å². The zero-order valence-corrected chi connectivity index (χ0v) is 9.31. The molecule has 2 rings (SSSR count). The van der Waals surface area contributed by atoms with Gasteiger partial charge in [-0.2, -0.15) is 5.26 Å².